The first-order valence-electron chi connectivity index (χ1n) is 11.9. The van der Waals surface area contributed by atoms with Gasteiger partial charge < -0.3 is 14.9 Å². The maximum absolute atomic E-state index is 14.0. The summed E-state index contributed by atoms with van der Waals surface area (Å²) in [5.74, 6) is 1.53. The Labute approximate surface area is 184 Å². The van der Waals surface area contributed by atoms with Crippen LogP contribution in [0.5, 0.6) is 0 Å². The van der Waals surface area contributed by atoms with Gasteiger partial charge in [-0.05, 0) is 67.9 Å². The van der Waals surface area contributed by atoms with Crippen molar-refractivity contribution in [3.8, 4) is 0 Å². The SMILES string of the molecule is CC1(c2ccccc2)CN(C2C3CC4CC2CC(O)(C4)C3)C(=O)N1Cc1ccccc1. The molecule has 4 aliphatic carbocycles. The van der Waals surface area contributed by atoms with Crippen LogP contribution in [0.1, 0.15) is 50.2 Å². The zero-order chi connectivity index (χ0) is 21.2. The molecule has 2 amide bonds. The van der Waals surface area contributed by atoms with Crippen molar-refractivity contribution in [2.75, 3.05) is 6.54 Å². The maximum atomic E-state index is 14.0. The van der Waals surface area contributed by atoms with Crippen molar-refractivity contribution in [2.45, 2.75) is 62.8 Å². The number of rotatable bonds is 4. The third kappa shape index (κ3) is 3.02. The topological polar surface area (TPSA) is 43.8 Å². The molecule has 5 aliphatic rings. The van der Waals surface area contributed by atoms with Crippen molar-refractivity contribution in [1.82, 2.24) is 9.80 Å². The van der Waals surface area contributed by atoms with Crippen LogP contribution in [0.3, 0.4) is 0 Å². The third-order valence-electron chi connectivity index (χ3n) is 8.68. The van der Waals surface area contributed by atoms with Crippen LogP contribution >= 0.6 is 0 Å². The van der Waals surface area contributed by atoms with E-state index < -0.39 is 5.60 Å². The summed E-state index contributed by atoms with van der Waals surface area (Å²) in [7, 11) is 0. The number of carbonyl (C=O) groups excluding carboxylic acids is 1. The Hall–Kier alpha value is -2.33. The maximum Gasteiger partial charge on any atom is 0.321 e. The quantitative estimate of drug-likeness (QED) is 0.780. The standard InChI is InChI=1S/C27H32N2O2/c1-26(23-10-6-3-7-11-23)18-28(25(30)29(26)17-19-8-4-2-5-9-19)24-21-12-20-13-22(24)16-27(31,14-20)15-21/h2-11,20-22,24,31H,12-18H2,1H3. The van der Waals surface area contributed by atoms with E-state index in [0.29, 0.717) is 24.3 Å². The van der Waals surface area contributed by atoms with E-state index in [-0.39, 0.29) is 17.6 Å². The van der Waals surface area contributed by atoms with E-state index in [1.807, 2.05) is 24.3 Å². The Morgan fingerprint density at radius 2 is 1.55 bits per heavy atom. The van der Waals surface area contributed by atoms with Gasteiger partial charge in [0.05, 0.1) is 17.7 Å². The molecule has 2 aromatic carbocycles. The predicted molar refractivity (Wildman–Crippen MR) is 120 cm³/mol. The number of amides is 2. The Kier molecular flexibility index (Phi) is 4.27. The smallest absolute Gasteiger partial charge is 0.321 e. The molecular formula is C27H32N2O2. The van der Waals surface area contributed by atoms with Gasteiger partial charge in [0.15, 0.2) is 0 Å². The van der Waals surface area contributed by atoms with E-state index in [0.717, 1.165) is 25.8 Å². The first-order valence-corrected chi connectivity index (χ1v) is 11.9. The van der Waals surface area contributed by atoms with E-state index in [4.69, 9.17) is 0 Å². The lowest BCUT2D eigenvalue weighted by Gasteiger charge is -2.59. The summed E-state index contributed by atoms with van der Waals surface area (Å²) in [6, 6.07) is 21.3. The zero-order valence-corrected chi connectivity index (χ0v) is 18.3. The molecule has 4 heteroatoms. The Balaban J connectivity index is 1.36. The van der Waals surface area contributed by atoms with Crippen LogP contribution in [-0.4, -0.2) is 39.1 Å². The van der Waals surface area contributed by atoms with Gasteiger partial charge in [-0.15, -0.1) is 0 Å². The first kappa shape index (κ1) is 19.4. The van der Waals surface area contributed by atoms with Gasteiger partial charge in [-0.2, -0.15) is 0 Å². The summed E-state index contributed by atoms with van der Waals surface area (Å²) in [5.41, 5.74) is 1.53. The Morgan fingerprint density at radius 1 is 0.935 bits per heavy atom. The molecule has 7 rings (SSSR count). The lowest BCUT2D eigenvalue weighted by molar-refractivity contribution is -0.152. The van der Waals surface area contributed by atoms with Gasteiger partial charge in [0.2, 0.25) is 0 Å². The summed E-state index contributed by atoms with van der Waals surface area (Å²) in [5, 5.41) is 11.0. The second kappa shape index (κ2) is 6.83. The Bertz CT molecular complexity index is 961. The molecule has 162 valence electrons. The van der Waals surface area contributed by atoms with Crippen molar-refractivity contribution in [3.63, 3.8) is 0 Å². The average Bonchev–Trinajstić information content (AvgIpc) is 3.00. The van der Waals surface area contributed by atoms with E-state index in [9.17, 15) is 9.90 Å². The molecule has 4 bridgehead atoms. The second-order valence-corrected chi connectivity index (χ2v) is 10.8. The first-order chi connectivity index (χ1) is 15.0. The van der Waals surface area contributed by atoms with Crippen molar-refractivity contribution >= 4 is 6.03 Å². The van der Waals surface area contributed by atoms with Gasteiger partial charge in [-0.1, -0.05) is 60.7 Å². The summed E-state index contributed by atoms with van der Waals surface area (Å²) < 4.78 is 0. The second-order valence-electron chi connectivity index (χ2n) is 10.8. The van der Waals surface area contributed by atoms with Crippen molar-refractivity contribution in [2.24, 2.45) is 17.8 Å². The van der Waals surface area contributed by atoms with Crippen molar-refractivity contribution < 1.29 is 9.90 Å². The fourth-order valence-electron chi connectivity index (χ4n) is 7.60. The summed E-state index contributed by atoms with van der Waals surface area (Å²) in [4.78, 5) is 18.3. The van der Waals surface area contributed by atoms with Crippen molar-refractivity contribution in [1.29, 1.82) is 0 Å². The molecule has 4 nitrogen and oxygen atoms in total. The largest absolute Gasteiger partial charge is 0.390 e. The molecule has 3 unspecified atom stereocenters. The van der Waals surface area contributed by atoms with Crippen LogP contribution in [0.4, 0.5) is 4.79 Å². The van der Waals surface area contributed by atoms with E-state index >= 15 is 0 Å². The highest BCUT2D eigenvalue weighted by Crippen LogP contribution is 2.58. The molecular weight excluding hydrogens is 384 g/mol. The number of carbonyl (C=O) groups is 1. The lowest BCUT2D eigenvalue weighted by atomic mass is 9.52. The summed E-state index contributed by atoms with van der Waals surface area (Å²) in [6.45, 7) is 3.58. The molecule has 3 atom stereocenters. The molecule has 1 aliphatic heterocycles. The monoisotopic (exact) mass is 416 g/mol. The molecule has 5 fully saturated rings. The molecule has 1 saturated heterocycles. The number of hydrogen-bond donors (Lipinski definition) is 1. The zero-order valence-electron chi connectivity index (χ0n) is 18.3. The summed E-state index contributed by atoms with van der Waals surface area (Å²) >= 11 is 0. The fourth-order valence-corrected chi connectivity index (χ4v) is 7.60. The van der Waals surface area contributed by atoms with Gasteiger partial charge >= 0.3 is 6.03 Å². The van der Waals surface area contributed by atoms with Gasteiger partial charge in [-0.3, -0.25) is 0 Å². The molecule has 4 saturated carbocycles. The van der Waals surface area contributed by atoms with Gasteiger partial charge in [0.25, 0.3) is 0 Å². The van der Waals surface area contributed by atoms with Crippen LogP contribution in [0.15, 0.2) is 60.7 Å². The molecule has 0 spiro atoms. The third-order valence-corrected chi connectivity index (χ3v) is 8.68. The number of aliphatic hydroxyl groups is 1. The van der Waals surface area contributed by atoms with E-state index in [1.165, 1.54) is 24.0 Å². The normalized spacial score (nSPS) is 38.8. The highest BCUT2D eigenvalue weighted by Gasteiger charge is 2.60. The highest BCUT2D eigenvalue weighted by molar-refractivity contribution is 5.79. The number of nitrogens with zero attached hydrogens (tertiary/aromatic N) is 2. The minimum Gasteiger partial charge on any atom is -0.390 e. The van der Waals surface area contributed by atoms with Gasteiger partial charge in [0, 0.05) is 12.6 Å². The molecule has 0 aromatic heterocycles. The molecule has 0 radical (unpaired) electrons. The fraction of sp³-hybridized carbons (Fsp3) is 0.519. The molecule has 1 heterocycles. The number of urea groups is 1. The predicted octanol–water partition coefficient (Wildman–Crippen LogP) is 4.78. The number of hydrogen-bond acceptors (Lipinski definition) is 2. The van der Waals surface area contributed by atoms with Crippen LogP contribution < -0.4 is 0 Å². The van der Waals surface area contributed by atoms with E-state index in [2.05, 4.69) is 53.1 Å². The molecule has 2 aromatic rings. The summed E-state index contributed by atoms with van der Waals surface area (Å²) in [6.07, 6.45) is 5.06. The molecule has 1 N–H and O–H groups in total. The average molecular weight is 417 g/mol. The lowest BCUT2D eigenvalue weighted by Crippen LogP contribution is -2.62. The number of benzene rings is 2. The van der Waals surface area contributed by atoms with Crippen LogP contribution in [0.2, 0.25) is 0 Å². The Morgan fingerprint density at radius 3 is 2.16 bits per heavy atom. The van der Waals surface area contributed by atoms with Crippen LogP contribution in [0.25, 0.3) is 0 Å². The minimum absolute atomic E-state index is 0.166. The van der Waals surface area contributed by atoms with Crippen molar-refractivity contribution in [3.05, 3.63) is 71.8 Å². The minimum atomic E-state index is -0.470. The molecule has 31 heavy (non-hydrogen) atoms. The van der Waals surface area contributed by atoms with Gasteiger partial charge in [-0.25, -0.2) is 4.79 Å². The van der Waals surface area contributed by atoms with Gasteiger partial charge in [0.1, 0.15) is 0 Å². The van der Waals surface area contributed by atoms with Crippen LogP contribution in [0, 0.1) is 17.8 Å². The van der Waals surface area contributed by atoms with Crippen LogP contribution in [-0.2, 0) is 12.1 Å². The van der Waals surface area contributed by atoms with E-state index in [1.54, 1.807) is 0 Å². The highest BCUT2D eigenvalue weighted by atomic mass is 16.3.